The summed E-state index contributed by atoms with van der Waals surface area (Å²) in [5, 5.41) is 13.6. The maximum atomic E-state index is 12.8. The fraction of sp³-hybridized carbons (Fsp3) is 0.0435. The molecule has 10 heteroatoms. The molecule has 0 radical (unpaired) electrons. The Morgan fingerprint density at radius 2 is 1.61 bits per heavy atom. The van der Waals surface area contributed by atoms with Gasteiger partial charge in [-0.2, -0.15) is 0 Å². The van der Waals surface area contributed by atoms with Crippen LogP contribution in [0.5, 0.6) is 5.75 Å². The molecule has 0 atom stereocenters. The summed E-state index contributed by atoms with van der Waals surface area (Å²) < 4.78 is 10.7. The smallest absolute Gasteiger partial charge is 0.322 e. The molecule has 0 aliphatic rings. The maximum absolute atomic E-state index is 12.8. The molecule has 166 valence electrons. The van der Waals surface area contributed by atoms with E-state index in [9.17, 15) is 9.59 Å². The zero-order chi connectivity index (χ0) is 23.4. The lowest BCUT2D eigenvalue weighted by molar-refractivity contribution is 0.102. The van der Waals surface area contributed by atoms with E-state index in [4.69, 9.17) is 32.4 Å². The van der Waals surface area contributed by atoms with E-state index in [1.54, 1.807) is 61.7 Å². The predicted octanol–water partition coefficient (Wildman–Crippen LogP) is 5.56. The number of para-hydroxylation sites is 1. The number of rotatable bonds is 6. The van der Waals surface area contributed by atoms with E-state index in [1.807, 2.05) is 0 Å². The van der Waals surface area contributed by atoms with Gasteiger partial charge in [0.25, 0.3) is 11.8 Å². The van der Waals surface area contributed by atoms with Crippen LogP contribution >= 0.6 is 23.2 Å². The number of hydrogen-bond donors (Lipinski definition) is 2. The number of methoxy groups -OCH3 is 1. The molecule has 0 saturated heterocycles. The number of benzene rings is 3. The van der Waals surface area contributed by atoms with E-state index in [0.29, 0.717) is 16.3 Å². The molecule has 4 rings (SSSR count). The Morgan fingerprint density at radius 1 is 0.879 bits per heavy atom. The molecule has 0 saturated carbocycles. The first-order valence-corrected chi connectivity index (χ1v) is 10.3. The number of anilines is 2. The minimum absolute atomic E-state index is 0.0901. The minimum Gasteiger partial charge on any atom is -0.497 e. The first-order chi connectivity index (χ1) is 15.9. The number of nitrogens with zero attached hydrogens (tertiary/aromatic N) is 2. The van der Waals surface area contributed by atoms with Gasteiger partial charge in [0.2, 0.25) is 5.89 Å². The normalized spacial score (nSPS) is 10.5. The van der Waals surface area contributed by atoms with Crippen molar-refractivity contribution in [2.24, 2.45) is 0 Å². The van der Waals surface area contributed by atoms with Crippen LogP contribution < -0.4 is 15.4 Å². The Kier molecular flexibility index (Phi) is 6.58. The number of halogens is 2. The summed E-state index contributed by atoms with van der Waals surface area (Å²) in [6.07, 6.45) is 0. The van der Waals surface area contributed by atoms with Gasteiger partial charge in [-0.1, -0.05) is 40.4 Å². The molecule has 0 aliphatic carbocycles. The van der Waals surface area contributed by atoms with Gasteiger partial charge in [-0.25, -0.2) is 0 Å². The second-order valence-corrected chi connectivity index (χ2v) is 7.56. The quantitative estimate of drug-likeness (QED) is 0.372. The second-order valence-electron chi connectivity index (χ2n) is 6.72. The van der Waals surface area contributed by atoms with Crippen LogP contribution in [-0.4, -0.2) is 29.1 Å². The highest BCUT2D eigenvalue weighted by Crippen LogP contribution is 2.25. The van der Waals surface area contributed by atoms with Crippen LogP contribution in [0.1, 0.15) is 20.7 Å². The van der Waals surface area contributed by atoms with Crippen molar-refractivity contribution in [2.75, 3.05) is 17.7 Å². The van der Waals surface area contributed by atoms with Crippen LogP contribution in [0.3, 0.4) is 0 Å². The average Bonchev–Trinajstić information content (AvgIpc) is 3.27. The first-order valence-electron chi connectivity index (χ1n) is 9.59. The van der Waals surface area contributed by atoms with E-state index >= 15 is 0 Å². The summed E-state index contributed by atoms with van der Waals surface area (Å²) >= 11 is 12.0. The Morgan fingerprint density at radius 3 is 2.33 bits per heavy atom. The SMILES string of the molecule is COc1ccc(-c2nnc(NC(=O)c3ccccc3NC(=O)c3ccc(Cl)cc3Cl)o2)cc1. The minimum atomic E-state index is -0.543. The third-order valence-electron chi connectivity index (χ3n) is 4.58. The molecule has 0 spiro atoms. The van der Waals surface area contributed by atoms with E-state index in [0.717, 1.165) is 0 Å². The number of carbonyl (C=O) groups excluding carboxylic acids is 2. The number of nitrogens with one attached hydrogen (secondary N) is 2. The van der Waals surface area contributed by atoms with Crippen LogP contribution in [0.4, 0.5) is 11.7 Å². The van der Waals surface area contributed by atoms with Crippen LogP contribution in [0.25, 0.3) is 11.5 Å². The van der Waals surface area contributed by atoms with Crippen molar-refractivity contribution in [3.8, 4) is 17.2 Å². The zero-order valence-electron chi connectivity index (χ0n) is 17.1. The lowest BCUT2D eigenvalue weighted by atomic mass is 10.1. The monoisotopic (exact) mass is 482 g/mol. The van der Waals surface area contributed by atoms with Gasteiger partial charge in [0, 0.05) is 10.6 Å². The Balaban J connectivity index is 1.50. The van der Waals surface area contributed by atoms with E-state index in [-0.39, 0.29) is 33.7 Å². The average molecular weight is 483 g/mol. The summed E-state index contributed by atoms with van der Waals surface area (Å²) in [5.74, 6) is -0.119. The molecular formula is C23H16Cl2N4O4. The molecule has 0 unspecified atom stereocenters. The largest absolute Gasteiger partial charge is 0.497 e. The van der Waals surface area contributed by atoms with Gasteiger partial charge in [-0.3, -0.25) is 14.9 Å². The molecule has 0 aliphatic heterocycles. The molecule has 0 bridgehead atoms. The second kappa shape index (κ2) is 9.72. The summed E-state index contributed by atoms with van der Waals surface area (Å²) in [5.41, 5.74) is 1.36. The van der Waals surface area contributed by atoms with Gasteiger partial charge >= 0.3 is 6.01 Å². The van der Waals surface area contributed by atoms with Crippen molar-refractivity contribution < 1.29 is 18.7 Å². The molecule has 3 aromatic carbocycles. The van der Waals surface area contributed by atoms with Gasteiger partial charge < -0.3 is 14.5 Å². The number of hydrogen-bond acceptors (Lipinski definition) is 6. The number of amides is 2. The van der Waals surface area contributed by atoms with Crippen LogP contribution in [0.15, 0.2) is 71.1 Å². The lowest BCUT2D eigenvalue weighted by Crippen LogP contribution is -2.18. The molecule has 2 amide bonds. The third kappa shape index (κ3) is 5.14. The Labute approximate surface area is 198 Å². The fourth-order valence-corrected chi connectivity index (χ4v) is 3.44. The topological polar surface area (TPSA) is 106 Å². The van der Waals surface area contributed by atoms with E-state index < -0.39 is 11.8 Å². The van der Waals surface area contributed by atoms with Gasteiger partial charge in [-0.05, 0) is 54.6 Å². The molecule has 33 heavy (non-hydrogen) atoms. The van der Waals surface area contributed by atoms with Gasteiger partial charge in [-0.15, -0.1) is 5.10 Å². The highest BCUT2D eigenvalue weighted by Gasteiger charge is 2.18. The highest BCUT2D eigenvalue weighted by molar-refractivity contribution is 6.37. The van der Waals surface area contributed by atoms with Gasteiger partial charge in [0.05, 0.1) is 28.9 Å². The van der Waals surface area contributed by atoms with Gasteiger partial charge in [0.1, 0.15) is 5.75 Å². The number of carbonyl (C=O) groups is 2. The summed E-state index contributed by atoms with van der Waals surface area (Å²) in [6.45, 7) is 0. The van der Waals surface area contributed by atoms with Crippen LogP contribution in [0, 0.1) is 0 Å². The summed E-state index contributed by atoms with van der Waals surface area (Å²) in [4.78, 5) is 25.5. The first kappa shape index (κ1) is 22.3. The fourth-order valence-electron chi connectivity index (χ4n) is 2.94. The number of aromatic nitrogens is 2. The van der Waals surface area contributed by atoms with Crippen molar-refractivity contribution in [2.45, 2.75) is 0 Å². The van der Waals surface area contributed by atoms with Crippen molar-refractivity contribution in [3.05, 3.63) is 87.9 Å². The predicted molar refractivity (Wildman–Crippen MR) is 125 cm³/mol. The van der Waals surface area contributed by atoms with Crippen LogP contribution in [0.2, 0.25) is 10.0 Å². The summed E-state index contributed by atoms with van der Waals surface area (Å²) in [7, 11) is 1.57. The van der Waals surface area contributed by atoms with Crippen molar-refractivity contribution in [1.29, 1.82) is 0 Å². The van der Waals surface area contributed by atoms with Crippen molar-refractivity contribution >= 4 is 46.7 Å². The molecule has 0 fully saturated rings. The Hall–Kier alpha value is -3.88. The van der Waals surface area contributed by atoms with Crippen LogP contribution in [-0.2, 0) is 0 Å². The van der Waals surface area contributed by atoms with Crippen molar-refractivity contribution in [1.82, 2.24) is 10.2 Å². The number of ether oxygens (including phenoxy) is 1. The lowest BCUT2D eigenvalue weighted by Gasteiger charge is -2.11. The van der Waals surface area contributed by atoms with E-state index in [1.165, 1.54) is 12.1 Å². The molecule has 8 nitrogen and oxygen atoms in total. The molecular weight excluding hydrogens is 467 g/mol. The zero-order valence-corrected chi connectivity index (χ0v) is 18.6. The van der Waals surface area contributed by atoms with Crippen molar-refractivity contribution in [3.63, 3.8) is 0 Å². The molecule has 1 aromatic heterocycles. The van der Waals surface area contributed by atoms with E-state index in [2.05, 4.69) is 20.8 Å². The molecule has 4 aromatic rings. The Bertz CT molecular complexity index is 1320. The summed E-state index contributed by atoms with van der Waals surface area (Å²) in [6, 6.07) is 17.9. The highest BCUT2D eigenvalue weighted by atomic mass is 35.5. The maximum Gasteiger partial charge on any atom is 0.322 e. The third-order valence-corrected chi connectivity index (χ3v) is 5.13. The molecule has 2 N–H and O–H groups in total. The molecule has 1 heterocycles. The van der Waals surface area contributed by atoms with Gasteiger partial charge in [0.15, 0.2) is 0 Å². The standard InChI is InChI=1S/C23H16Cl2N4O4/c1-32-15-9-6-13(7-10-15)22-28-29-23(33-22)27-21(31)17-4-2-3-5-19(17)26-20(30)16-11-8-14(24)12-18(16)25/h2-12H,1H3,(H,26,30)(H,27,29,31).